The highest BCUT2D eigenvalue weighted by Gasteiger charge is 2.16. The molecule has 2 aromatic rings. The molecule has 1 amide bonds. The molecule has 0 aliphatic carbocycles. The molecule has 2 aromatic carbocycles. The molecule has 7 nitrogen and oxygen atoms in total. The molecule has 26 heavy (non-hydrogen) atoms. The fourth-order valence-electron chi connectivity index (χ4n) is 2.11. The number of anilines is 1. The van der Waals surface area contributed by atoms with E-state index >= 15 is 0 Å². The molecule has 1 aliphatic heterocycles. The first-order valence-electron chi connectivity index (χ1n) is 7.33. The average Bonchev–Trinajstić information content (AvgIpc) is 3.08. The van der Waals surface area contributed by atoms with E-state index in [1.807, 2.05) is 0 Å². The minimum atomic E-state index is -2.89. The minimum absolute atomic E-state index is 0.0283. The topological polar surface area (TPSA) is 80.9 Å². The van der Waals surface area contributed by atoms with Crippen LogP contribution in [0.5, 0.6) is 17.2 Å². The number of ether oxygens (including phenoxy) is 3. The first kappa shape index (κ1) is 17.7. The molecule has 0 atom stereocenters. The molecule has 136 valence electrons. The molecule has 0 saturated heterocycles. The van der Waals surface area contributed by atoms with Crippen molar-refractivity contribution < 1.29 is 27.8 Å². The van der Waals surface area contributed by atoms with Gasteiger partial charge in [-0.2, -0.15) is 8.78 Å². The van der Waals surface area contributed by atoms with Crippen LogP contribution in [0.15, 0.2) is 42.5 Å². The molecule has 3 N–H and O–H groups in total. The second-order valence-electron chi connectivity index (χ2n) is 5.00. The monoisotopic (exact) mass is 381 g/mol. The van der Waals surface area contributed by atoms with E-state index in [2.05, 4.69) is 20.9 Å². The molecular formula is C16H13F2N3O4S. The van der Waals surface area contributed by atoms with Crippen LogP contribution in [0.2, 0.25) is 0 Å². The highest BCUT2D eigenvalue weighted by molar-refractivity contribution is 7.80. The van der Waals surface area contributed by atoms with Gasteiger partial charge in [0, 0.05) is 11.3 Å². The predicted octanol–water partition coefficient (Wildman–Crippen LogP) is 2.65. The zero-order chi connectivity index (χ0) is 18.5. The van der Waals surface area contributed by atoms with Gasteiger partial charge in [0.05, 0.1) is 0 Å². The summed E-state index contributed by atoms with van der Waals surface area (Å²) in [5.74, 6) is 0.670. The number of thiocarbonyl (C=S) groups is 1. The molecule has 0 bridgehead atoms. The van der Waals surface area contributed by atoms with Gasteiger partial charge in [-0.3, -0.25) is 15.6 Å². The van der Waals surface area contributed by atoms with Crippen LogP contribution in [0.3, 0.4) is 0 Å². The van der Waals surface area contributed by atoms with Gasteiger partial charge in [-0.1, -0.05) is 0 Å². The number of hydrogen-bond donors (Lipinski definition) is 3. The van der Waals surface area contributed by atoms with E-state index in [4.69, 9.17) is 21.7 Å². The van der Waals surface area contributed by atoms with Crippen LogP contribution in [-0.4, -0.2) is 24.4 Å². The Bertz CT molecular complexity index is 818. The fraction of sp³-hybridized carbons (Fsp3) is 0.125. The Hall–Kier alpha value is -3.14. The molecule has 0 saturated carbocycles. The van der Waals surface area contributed by atoms with Gasteiger partial charge >= 0.3 is 6.61 Å². The average molecular weight is 381 g/mol. The fourth-order valence-corrected chi connectivity index (χ4v) is 2.27. The largest absolute Gasteiger partial charge is 0.454 e. The van der Waals surface area contributed by atoms with Crippen LogP contribution >= 0.6 is 12.2 Å². The van der Waals surface area contributed by atoms with E-state index in [1.54, 1.807) is 18.2 Å². The Kier molecular flexibility index (Phi) is 5.32. The number of fused-ring (bicyclic) bond motifs is 1. The second kappa shape index (κ2) is 7.83. The SMILES string of the molecule is O=C(NNC(=S)Nc1ccc(OC(F)F)cc1)c1ccc2c(c1)OCO2. The van der Waals surface area contributed by atoms with Crippen LogP contribution in [-0.2, 0) is 0 Å². The van der Waals surface area contributed by atoms with E-state index < -0.39 is 12.5 Å². The summed E-state index contributed by atoms with van der Waals surface area (Å²) < 4.78 is 38.8. The minimum Gasteiger partial charge on any atom is -0.454 e. The van der Waals surface area contributed by atoms with Gasteiger partial charge in [0.1, 0.15) is 5.75 Å². The summed E-state index contributed by atoms with van der Waals surface area (Å²) in [5.41, 5.74) is 5.86. The van der Waals surface area contributed by atoms with Crippen LogP contribution in [0, 0.1) is 0 Å². The quantitative estimate of drug-likeness (QED) is 0.555. The number of carbonyl (C=O) groups is 1. The van der Waals surface area contributed by atoms with Gasteiger partial charge < -0.3 is 19.5 Å². The lowest BCUT2D eigenvalue weighted by molar-refractivity contribution is -0.0498. The summed E-state index contributed by atoms with van der Waals surface area (Å²) in [6.45, 7) is -2.77. The van der Waals surface area contributed by atoms with Crippen molar-refractivity contribution in [3.05, 3.63) is 48.0 Å². The van der Waals surface area contributed by atoms with Crippen molar-refractivity contribution in [2.45, 2.75) is 6.61 Å². The van der Waals surface area contributed by atoms with Gasteiger partial charge in [0.2, 0.25) is 6.79 Å². The maximum Gasteiger partial charge on any atom is 0.387 e. The number of halogens is 2. The van der Waals surface area contributed by atoms with Crippen molar-refractivity contribution in [2.75, 3.05) is 12.1 Å². The highest BCUT2D eigenvalue weighted by Crippen LogP contribution is 2.32. The number of nitrogens with one attached hydrogen (secondary N) is 3. The lowest BCUT2D eigenvalue weighted by Gasteiger charge is -2.12. The normalized spacial score (nSPS) is 11.8. The molecule has 0 aromatic heterocycles. The van der Waals surface area contributed by atoms with Gasteiger partial charge in [-0.15, -0.1) is 0 Å². The Labute approximate surface area is 152 Å². The molecule has 1 aliphatic rings. The summed E-state index contributed by atoms with van der Waals surface area (Å²) in [4.78, 5) is 12.1. The summed E-state index contributed by atoms with van der Waals surface area (Å²) in [6.07, 6.45) is 0. The standard InChI is InChI=1S/C16H13F2N3O4S/c17-15(18)25-11-4-2-10(3-5-11)19-16(26)21-20-14(22)9-1-6-12-13(7-9)24-8-23-12/h1-7,15H,8H2,(H,20,22)(H2,19,21,26). The Morgan fingerprint density at radius 3 is 2.54 bits per heavy atom. The summed E-state index contributed by atoms with van der Waals surface area (Å²) in [5, 5.41) is 2.90. The van der Waals surface area contributed by atoms with Gasteiger partial charge in [0.15, 0.2) is 16.6 Å². The smallest absolute Gasteiger partial charge is 0.387 e. The maximum absolute atomic E-state index is 12.1. The van der Waals surface area contributed by atoms with Crippen molar-refractivity contribution >= 4 is 28.9 Å². The number of rotatable bonds is 4. The predicted molar refractivity (Wildman–Crippen MR) is 92.5 cm³/mol. The van der Waals surface area contributed by atoms with Crippen LogP contribution in [0.4, 0.5) is 14.5 Å². The third kappa shape index (κ3) is 4.48. The first-order valence-corrected chi connectivity index (χ1v) is 7.74. The molecule has 0 spiro atoms. The number of amides is 1. The van der Waals surface area contributed by atoms with Gasteiger partial charge in [0.25, 0.3) is 5.91 Å². The molecule has 0 unspecified atom stereocenters. The second-order valence-corrected chi connectivity index (χ2v) is 5.41. The number of carbonyl (C=O) groups excluding carboxylic acids is 1. The van der Waals surface area contributed by atoms with Crippen LogP contribution < -0.4 is 30.4 Å². The zero-order valence-corrected chi connectivity index (χ0v) is 13.9. The van der Waals surface area contributed by atoms with Crippen molar-refractivity contribution in [1.82, 2.24) is 10.9 Å². The van der Waals surface area contributed by atoms with Gasteiger partial charge in [-0.05, 0) is 54.7 Å². The Balaban J connectivity index is 1.50. The lowest BCUT2D eigenvalue weighted by Crippen LogP contribution is -2.43. The zero-order valence-electron chi connectivity index (χ0n) is 13.1. The van der Waals surface area contributed by atoms with E-state index in [0.29, 0.717) is 22.7 Å². The summed E-state index contributed by atoms with van der Waals surface area (Å²) in [6, 6.07) is 10.5. The van der Waals surface area contributed by atoms with Crippen molar-refractivity contribution in [2.24, 2.45) is 0 Å². The van der Waals surface area contributed by atoms with Crippen LogP contribution in [0.1, 0.15) is 10.4 Å². The lowest BCUT2D eigenvalue weighted by atomic mass is 10.2. The molecule has 1 heterocycles. The Morgan fingerprint density at radius 2 is 1.81 bits per heavy atom. The molecule has 3 rings (SSSR count). The molecular weight excluding hydrogens is 368 g/mol. The van der Waals surface area contributed by atoms with E-state index in [-0.39, 0.29) is 17.7 Å². The van der Waals surface area contributed by atoms with E-state index in [1.165, 1.54) is 24.3 Å². The highest BCUT2D eigenvalue weighted by atomic mass is 32.1. The number of benzene rings is 2. The van der Waals surface area contributed by atoms with Crippen molar-refractivity contribution in [3.63, 3.8) is 0 Å². The number of hydrazine groups is 1. The van der Waals surface area contributed by atoms with E-state index in [0.717, 1.165) is 0 Å². The van der Waals surface area contributed by atoms with Crippen molar-refractivity contribution in [3.8, 4) is 17.2 Å². The van der Waals surface area contributed by atoms with Crippen LogP contribution in [0.25, 0.3) is 0 Å². The van der Waals surface area contributed by atoms with Crippen molar-refractivity contribution in [1.29, 1.82) is 0 Å². The van der Waals surface area contributed by atoms with Gasteiger partial charge in [-0.25, -0.2) is 0 Å². The molecule has 0 radical (unpaired) electrons. The summed E-state index contributed by atoms with van der Waals surface area (Å²) in [7, 11) is 0. The van der Waals surface area contributed by atoms with E-state index in [9.17, 15) is 13.6 Å². The summed E-state index contributed by atoms with van der Waals surface area (Å²) >= 11 is 5.05. The third-order valence-electron chi connectivity index (χ3n) is 3.26. The number of hydrogen-bond acceptors (Lipinski definition) is 5. The number of alkyl halides is 2. The maximum atomic E-state index is 12.1. The Morgan fingerprint density at radius 1 is 1.08 bits per heavy atom. The molecule has 10 heteroatoms. The molecule has 0 fully saturated rings. The third-order valence-corrected chi connectivity index (χ3v) is 3.47. The first-order chi connectivity index (χ1) is 12.5.